The van der Waals surface area contributed by atoms with Gasteiger partial charge in [-0.2, -0.15) is 0 Å². The Labute approximate surface area is 193 Å². The molecule has 2 heterocycles. The van der Waals surface area contributed by atoms with Crippen molar-refractivity contribution >= 4 is 40.1 Å². The van der Waals surface area contributed by atoms with Crippen molar-refractivity contribution in [1.82, 2.24) is 19.8 Å². The molecule has 0 aliphatic carbocycles. The number of nitrogens with zero attached hydrogens (tertiary/aromatic N) is 3. The Morgan fingerprint density at radius 3 is 2.55 bits per heavy atom. The SMILES string of the molecule is CC[C@H](C(=O)NCCN1CCCC1)n1c(Cc2ccccc2)nc2cc(Cl)c(Cl)cc21. The second-order valence-corrected chi connectivity index (χ2v) is 8.89. The molecule has 164 valence electrons. The number of fused-ring (bicyclic) bond motifs is 1. The molecule has 0 saturated carbocycles. The minimum atomic E-state index is -0.362. The Kier molecular flexibility index (Phi) is 7.16. The molecule has 2 aromatic carbocycles. The summed E-state index contributed by atoms with van der Waals surface area (Å²) in [6.07, 6.45) is 3.78. The second kappa shape index (κ2) is 10.0. The van der Waals surface area contributed by atoms with E-state index < -0.39 is 0 Å². The lowest BCUT2D eigenvalue weighted by atomic mass is 10.1. The van der Waals surface area contributed by atoms with E-state index in [1.54, 1.807) is 6.07 Å². The molecule has 4 rings (SSSR count). The van der Waals surface area contributed by atoms with Gasteiger partial charge in [-0.05, 0) is 50.0 Å². The molecule has 0 radical (unpaired) electrons. The summed E-state index contributed by atoms with van der Waals surface area (Å²) in [4.78, 5) is 20.4. The number of amides is 1. The highest BCUT2D eigenvalue weighted by molar-refractivity contribution is 6.42. The molecule has 1 amide bonds. The molecular formula is C24H28Cl2N4O. The predicted molar refractivity (Wildman–Crippen MR) is 127 cm³/mol. The number of carbonyl (C=O) groups is 1. The van der Waals surface area contributed by atoms with Gasteiger partial charge in [-0.25, -0.2) is 4.98 Å². The van der Waals surface area contributed by atoms with Crippen LogP contribution in [0.25, 0.3) is 11.0 Å². The second-order valence-electron chi connectivity index (χ2n) is 8.08. The van der Waals surface area contributed by atoms with E-state index in [-0.39, 0.29) is 11.9 Å². The van der Waals surface area contributed by atoms with E-state index in [9.17, 15) is 4.79 Å². The lowest BCUT2D eigenvalue weighted by molar-refractivity contribution is -0.124. The number of nitrogens with one attached hydrogen (secondary N) is 1. The van der Waals surface area contributed by atoms with Gasteiger partial charge in [0.15, 0.2) is 0 Å². The number of likely N-dealkylation sites (tertiary alicyclic amines) is 1. The maximum Gasteiger partial charge on any atom is 0.243 e. The zero-order chi connectivity index (χ0) is 21.8. The van der Waals surface area contributed by atoms with E-state index in [0.29, 0.717) is 29.4 Å². The Morgan fingerprint density at radius 2 is 1.84 bits per heavy atom. The molecule has 0 bridgehead atoms. The van der Waals surface area contributed by atoms with E-state index in [0.717, 1.165) is 42.1 Å². The molecular weight excluding hydrogens is 431 g/mol. The van der Waals surface area contributed by atoms with Crippen molar-refractivity contribution in [1.29, 1.82) is 0 Å². The lowest BCUT2D eigenvalue weighted by Gasteiger charge is -2.21. The predicted octanol–water partition coefficient (Wildman–Crippen LogP) is 5.10. The quantitative estimate of drug-likeness (QED) is 0.510. The van der Waals surface area contributed by atoms with Gasteiger partial charge in [-0.3, -0.25) is 4.79 Å². The zero-order valence-corrected chi connectivity index (χ0v) is 19.3. The van der Waals surface area contributed by atoms with Crippen molar-refractivity contribution < 1.29 is 4.79 Å². The van der Waals surface area contributed by atoms with Crippen molar-refractivity contribution in [3.05, 3.63) is 63.9 Å². The molecule has 5 nitrogen and oxygen atoms in total. The van der Waals surface area contributed by atoms with Crippen LogP contribution < -0.4 is 5.32 Å². The highest BCUT2D eigenvalue weighted by Crippen LogP contribution is 2.31. The van der Waals surface area contributed by atoms with E-state index in [4.69, 9.17) is 28.2 Å². The van der Waals surface area contributed by atoms with Crippen LogP contribution in [-0.4, -0.2) is 46.5 Å². The Morgan fingerprint density at radius 1 is 1.13 bits per heavy atom. The number of rotatable bonds is 8. The number of imidazole rings is 1. The van der Waals surface area contributed by atoms with Crippen LogP contribution in [0.2, 0.25) is 10.0 Å². The maximum atomic E-state index is 13.2. The number of halogens is 2. The molecule has 7 heteroatoms. The first kappa shape index (κ1) is 22.1. The van der Waals surface area contributed by atoms with E-state index in [1.807, 2.05) is 35.8 Å². The van der Waals surface area contributed by atoms with Gasteiger partial charge in [0, 0.05) is 19.5 Å². The molecule has 31 heavy (non-hydrogen) atoms. The summed E-state index contributed by atoms with van der Waals surface area (Å²) in [6.45, 7) is 5.83. The zero-order valence-electron chi connectivity index (χ0n) is 17.8. The molecule has 1 atom stereocenters. The normalized spacial score (nSPS) is 15.5. The average Bonchev–Trinajstić information content (AvgIpc) is 3.39. The molecule has 1 fully saturated rings. The van der Waals surface area contributed by atoms with Crippen molar-refractivity contribution in [2.45, 2.75) is 38.6 Å². The summed E-state index contributed by atoms with van der Waals surface area (Å²) >= 11 is 12.6. The fourth-order valence-corrected chi connectivity index (χ4v) is 4.65. The van der Waals surface area contributed by atoms with Gasteiger partial charge in [0.1, 0.15) is 11.9 Å². The average molecular weight is 459 g/mol. The summed E-state index contributed by atoms with van der Waals surface area (Å²) in [5.41, 5.74) is 2.73. The fourth-order valence-electron chi connectivity index (χ4n) is 4.34. The van der Waals surface area contributed by atoms with Gasteiger partial charge < -0.3 is 14.8 Å². The topological polar surface area (TPSA) is 50.2 Å². The van der Waals surface area contributed by atoms with Crippen LogP contribution in [0.1, 0.15) is 43.6 Å². The van der Waals surface area contributed by atoms with Gasteiger partial charge in [-0.15, -0.1) is 0 Å². The van der Waals surface area contributed by atoms with Crippen LogP contribution in [-0.2, 0) is 11.2 Å². The summed E-state index contributed by atoms with van der Waals surface area (Å²) in [7, 11) is 0. The molecule has 1 saturated heterocycles. The van der Waals surface area contributed by atoms with Gasteiger partial charge >= 0.3 is 0 Å². The van der Waals surface area contributed by atoms with Gasteiger partial charge in [0.05, 0.1) is 21.1 Å². The number of aromatic nitrogens is 2. The first-order valence-electron chi connectivity index (χ1n) is 11.0. The van der Waals surface area contributed by atoms with Crippen LogP contribution in [0.4, 0.5) is 0 Å². The third-order valence-corrected chi connectivity index (χ3v) is 6.66. The molecule has 1 aromatic heterocycles. The molecule has 0 spiro atoms. The van der Waals surface area contributed by atoms with Gasteiger partial charge in [0.25, 0.3) is 0 Å². The number of hydrogen-bond acceptors (Lipinski definition) is 3. The summed E-state index contributed by atoms with van der Waals surface area (Å²) < 4.78 is 2.04. The van der Waals surface area contributed by atoms with Crippen LogP contribution >= 0.6 is 23.2 Å². The van der Waals surface area contributed by atoms with Gasteiger partial charge in [-0.1, -0.05) is 60.5 Å². The Hall–Kier alpha value is -2.08. The fraction of sp³-hybridized carbons (Fsp3) is 0.417. The number of hydrogen-bond donors (Lipinski definition) is 1. The highest BCUT2D eigenvalue weighted by atomic mass is 35.5. The monoisotopic (exact) mass is 458 g/mol. The standard InChI is InChI=1S/C24H28Cl2N4O/c1-2-21(24(31)27-10-13-29-11-6-7-12-29)30-22-16-19(26)18(25)15-20(22)28-23(30)14-17-8-4-3-5-9-17/h3-5,8-9,15-16,21H,2,6-7,10-14H2,1H3,(H,27,31)/t21-/m1/s1. The third-order valence-electron chi connectivity index (χ3n) is 5.94. The van der Waals surface area contributed by atoms with Crippen molar-refractivity contribution in [3.8, 4) is 0 Å². The highest BCUT2D eigenvalue weighted by Gasteiger charge is 2.25. The van der Waals surface area contributed by atoms with Crippen molar-refractivity contribution in [2.24, 2.45) is 0 Å². The smallest absolute Gasteiger partial charge is 0.243 e. The number of carbonyl (C=O) groups excluding carboxylic acids is 1. The van der Waals surface area contributed by atoms with Crippen LogP contribution in [0.5, 0.6) is 0 Å². The largest absolute Gasteiger partial charge is 0.353 e. The van der Waals surface area contributed by atoms with Crippen LogP contribution in [0.15, 0.2) is 42.5 Å². The molecule has 0 unspecified atom stereocenters. The first-order valence-corrected chi connectivity index (χ1v) is 11.7. The summed E-state index contributed by atoms with van der Waals surface area (Å²) in [5.74, 6) is 0.849. The van der Waals surface area contributed by atoms with Crippen LogP contribution in [0.3, 0.4) is 0 Å². The van der Waals surface area contributed by atoms with E-state index in [2.05, 4.69) is 22.3 Å². The van der Waals surface area contributed by atoms with E-state index in [1.165, 1.54) is 12.8 Å². The third kappa shape index (κ3) is 5.05. The number of benzene rings is 2. The Balaban J connectivity index is 1.64. The van der Waals surface area contributed by atoms with E-state index >= 15 is 0 Å². The first-order chi connectivity index (χ1) is 15.1. The minimum absolute atomic E-state index is 0.0152. The minimum Gasteiger partial charge on any atom is -0.353 e. The van der Waals surface area contributed by atoms with Gasteiger partial charge in [0.2, 0.25) is 5.91 Å². The summed E-state index contributed by atoms with van der Waals surface area (Å²) in [6, 6.07) is 13.4. The molecule has 1 aliphatic rings. The van der Waals surface area contributed by atoms with Crippen LogP contribution in [0, 0.1) is 0 Å². The molecule has 1 N–H and O–H groups in total. The Bertz CT molecular complexity index is 1040. The maximum absolute atomic E-state index is 13.2. The van der Waals surface area contributed by atoms with Crippen molar-refractivity contribution in [3.63, 3.8) is 0 Å². The molecule has 1 aliphatic heterocycles. The lowest BCUT2D eigenvalue weighted by Crippen LogP contribution is -2.38. The van der Waals surface area contributed by atoms with Crippen molar-refractivity contribution in [2.75, 3.05) is 26.2 Å². The summed E-state index contributed by atoms with van der Waals surface area (Å²) in [5, 5.41) is 4.07. The molecule has 3 aromatic rings.